The molecule has 20 heavy (non-hydrogen) atoms. The van der Waals surface area contributed by atoms with E-state index < -0.39 is 0 Å². The van der Waals surface area contributed by atoms with Crippen LogP contribution in [0.15, 0.2) is 24.3 Å². The summed E-state index contributed by atoms with van der Waals surface area (Å²) in [5.41, 5.74) is 1.96. The molecule has 1 aromatic rings. The summed E-state index contributed by atoms with van der Waals surface area (Å²) in [7, 11) is 1.91. The minimum absolute atomic E-state index is 0.0266. The van der Waals surface area contributed by atoms with E-state index in [1.165, 1.54) is 0 Å². The maximum absolute atomic E-state index is 11.7. The molecule has 0 bridgehead atoms. The van der Waals surface area contributed by atoms with Gasteiger partial charge < -0.3 is 10.4 Å². The van der Waals surface area contributed by atoms with Crippen LogP contribution >= 0.6 is 0 Å². The largest absolute Gasteiger partial charge is 0.384 e. The van der Waals surface area contributed by atoms with E-state index in [2.05, 4.69) is 17.2 Å². The molecule has 0 fully saturated rings. The van der Waals surface area contributed by atoms with Crippen molar-refractivity contribution in [3.8, 4) is 11.8 Å². The molecule has 1 aromatic carbocycles. The van der Waals surface area contributed by atoms with E-state index in [-0.39, 0.29) is 18.6 Å². The summed E-state index contributed by atoms with van der Waals surface area (Å²) in [4.78, 5) is 13.6. The first-order valence-electron chi connectivity index (χ1n) is 6.68. The lowest BCUT2D eigenvalue weighted by Crippen LogP contribution is -2.38. The number of nitrogens with zero attached hydrogens (tertiary/aromatic N) is 1. The van der Waals surface area contributed by atoms with Crippen LogP contribution in [0.25, 0.3) is 0 Å². The van der Waals surface area contributed by atoms with Gasteiger partial charge in [0.1, 0.15) is 6.61 Å². The number of aliphatic hydroxyl groups is 1. The molecule has 0 unspecified atom stereocenters. The maximum Gasteiger partial charge on any atom is 0.234 e. The van der Waals surface area contributed by atoms with Crippen molar-refractivity contribution >= 4 is 5.91 Å². The van der Waals surface area contributed by atoms with Gasteiger partial charge >= 0.3 is 0 Å². The Morgan fingerprint density at radius 1 is 1.45 bits per heavy atom. The van der Waals surface area contributed by atoms with Gasteiger partial charge in [-0.15, -0.1) is 0 Å². The van der Waals surface area contributed by atoms with Crippen molar-refractivity contribution in [1.82, 2.24) is 10.2 Å². The lowest BCUT2D eigenvalue weighted by molar-refractivity contribution is -0.122. The number of carbonyl (C=O) groups is 1. The van der Waals surface area contributed by atoms with Gasteiger partial charge in [0.15, 0.2) is 0 Å². The van der Waals surface area contributed by atoms with Crippen LogP contribution in [0.4, 0.5) is 0 Å². The third-order valence-electron chi connectivity index (χ3n) is 2.55. The van der Waals surface area contributed by atoms with Gasteiger partial charge in [0.05, 0.1) is 6.54 Å². The second kappa shape index (κ2) is 8.36. The molecular formula is C16H22N2O2. The number of nitrogens with one attached hydrogen (secondary N) is 1. The molecule has 1 amide bonds. The normalized spacial score (nSPS) is 10.3. The van der Waals surface area contributed by atoms with Gasteiger partial charge in [-0.05, 0) is 38.6 Å². The molecule has 0 aliphatic rings. The maximum atomic E-state index is 11.7. The van der Waals surface area contributed by atoms with Gasteiger partial charge in [0.2, 0.25) is 5.91 Å². The predicted molar refractivity (Wildman–Crippen MR) is 80.0 cm³/mol. The van der Waals surface area contributed by atoms with Crippen LogP contribution in [0.5, 0.6) is 0 Å². The van der Waals surface area contributed by atoms with E-state index in [0.29, 0.717) is 13.1 Å². The minimum Gasteiger partial charge on any atom is -0.384 e. The van der Waals surface area contributed by atoms with Gasteiger partial charge in [0.25, 0.3) is 0 Å². The number of rotatable bonds is 5. The number of aliphatic hydroxyl groups excluding tert-OH is 1. The summed E-state index contributed by atoms with van der Waals surface area (Å²) in [5.74, 6) is 5.53. The van der Waals surface area contributed by atoms with Crippen molar-refractivity contribution < 1.29 is 9.90 Å². The molecule has 1 rings (SSSR count). The Bertz CT molecular complexity index is 501. The Balaban J connectivity index is 2.57. The molecule has 0 saturated heterocycles. The Kier molecular flexibility index (Phi) is 6.78. The SMILES string of the molecule is CC(C)NC(=O)CN(C)Cc1cccc(C#CCO)c1. The fourth-order valence-corrected chi connectivity index (χ4v) is 1.87. The molecule has 0 spiro atoms. The highest BCUT2D eigenvalue weighted by atomic mass is 16.2. The minimum atomic E-state index is -0.139. The fourth-order valence-electron chi connectivity index (χ4n) is 1.87. The smallest absolute Gasteiger partial charge is 0.234 e. The Hall–Kier alpha value is -1.83. The Labute approximate surface area is 120 Å². The first-order valence-corrected chi connectivity index (χ1v) is 6.68. The second-order valence-electron chi connectivity index (χ2n) is 5.05. The topological polar surface area (TPSA) is 52.6 Å². The predicted octanol–water partition coefficient (Wildman–Crippen LogP) is 0.987. The number of hydrogen-bond donors (Lipinski definition) is 2. The molecule has 0 heterocycles. The molecule has 0 aliphatic carbocycles. The summed E-state index contributed by atoms with van der Waals surface area (Å²) in [6.07, 6.45) is 0. The highest BCUT2D eigenvalue weighted by Crippen LogP contribution is 2.06. The first kappa shape index (κ1) is 16.2. The zero-order chi connectivity index (χ0) is 15.0. The monoisotopic (exact) mass is 274 g/mol. The van der Waals surface area contributed by atoms with Crippen molar-refractivity contribution in [2.24, 2.45) is 0 Å². The van der Waals surface area contributed by atoms with E-state index in [0.717, 1.165) is 11.1 Å². The van der Waals surface area contributed by atoms with Crippen molar-refractivity contribution in [3.05, 3.63) is 35.4 Å². The van der Waals surface area contributed by atoms with Gasteiger partial charge in [-0.2, -0.15) is 0 Å². The van der Waals surface area contributed by atoms with Crippen LogP contribution in [0.2, 0.25) is 0 Å². The highest BCUT2D eigenvalue weighted by molar-refractivity contribution is 5.78. The molecule has 0 aromatic heterocycles. The van der Waals surface area contributed by atoms with Crippen molar-refractivity contribution in [2.75, 3.05) is 20.2 Å². The number of carbonyl (C=O) groups excluding carboxylic acids is 1. The van der Waals surface area contributed by atoms with Gasteiger partial charge in [-0.1, -0.05) is 24.0 Å². The summed E-state index contributed by atoms with van der Waals surface area (Å²) in [6, 6.07) is 7.96. The quantitative estimate of drug-likeness (QED) is 0.787. The standard InChI is InChI=1S/C16H22N2O2/c1-13(2)17-16(20)12-18(3)11-15-7-4-6-14(10-15)8-5-9-19/h4,6-7,10,13,19H,9,11-12H2,1-3H3,(H,17,20). The molecular weight excluding hydrogens is 252 g/mol. The van der Waals surface area contributed by atoms with E-state index in [1.807, 2.05) is 50.1 Å². The van der Waals surface area contributed by atoms with Crippen LogP contribution in [0, 0.1) is 11.8 Å². The van der Waals surface area contributed by atoms with E-state index in [9.17, 15) is 4.79 Å². The first-order chi connectivity index (χ1) is 9.51. The Morgan fingerprint density at radius 3 is 2.85 bits per heavy atom. The van der Waals surface area contributed by atoms with Gasteiger partial charge in [0, 0.05) is 18.2 Å². The molecule has 4 heteroatoms. The van der Waals surface area contributed by atoms with Gasteiger partial charge in [-0.25, -0.2) is 0 Å². The third-order valence-corrected chi connectivity index (χ3v) is 2.55. The molecule has 2 N–H and O–H groups in total. The summed E-state index contributed by atoms with van der Waals surface area (Å²) >= 11 is 0. The summed E-state index contributed by atoms with van der Waals surface area (Å²) in [5, 5.41) is 11.6. The van der Waals surface area contributed by atoms with E-state index >= 15 is 0 Å². The average Bonchev–Trinajstić information content (AvgIpc) is 2.35. The highest BCUT2D eigenvalue weighted by Gasteiger charge is 2.08. The van der Waals surface area contributed by atoms with Crippen LogP contribution in [-0.4, -0.2) is 42.2 Å². The summed E-state index contributed by atoms with van der Waals surface area (Å²) < 4.78 is 0. The number of benzene rings is 1. The molecule has 0 saturated carbocycles. The van der Waals surface area contributed by atoms with Crippen molar-refractivity contribution in [3.63, 3.8) is 0 Å². The van der Waals surface area contributed by atoms with Crippen LogP contribution < -0.4 is 5.32 Å². The number of amides is 1. The van der Waals surface area contributed by atoms with Crippen molar-refractivity contribution in [2.45, 2.75) is 26.4 Å². The van der Waals surface area contributed by atoms with Crippen LogP contribution in [0.1, 0.15) is 25.0 Å². The zero-order valence-electron chi connectivity index (χ0n) is 12.3. The van der Waals surface area contributed by atoms with Crippen LogP contribution in [0.3, 0.4) is 0 Å². The lowest BCUT2D eigenvalue weighted by atomic mass is 10.1. The number of hydrogen-bond acceptors (Lipinski definition) is 3. The van der Waals surface area contributed by atoms with E-state index in [1.54, 1.807) is 0 Å². The molecule has 4 nitrogen and oxygen atoms in total. The molecule has 108 valence electrons. The number of likely N-dealkylation sites (N-methyl/N-ethyl adjacent to an activating group) is 1. The third kappa shape index (κ3) is 6.37. The molecule has 0 radical (unpaired) electrons. The second-order valence-corrected chi connectivity index (χ2v) is 5.05. The summed E-state index contributed by atoms with van der Waals surface area (Å²) in [6.45, 7) is 4.80. The zero-order valence-corrected chi connectivity index (χ0v) is 12.3. The fraction of sp³-hybridized carbons (Fsp3) is 0.438. The molecule has 0 atom stereocenters. The van der Waals surface area contributed by atoms with Crippen LogP contribution in [-0.2, 0) is 11.3 Å². The molecule has 0 aliphatic heterocycles. The van der Waals surface area contributed by atoms with Gasteiger partial charge in [-0.3, -0.25) is 9.69 Å². The Morgan fingerprint density at radius 2 is 2.20 bits per heavy atom. The van der Waals surface area contributed by atoms with E-state index in [4.69, 9.17) is 5.11 Å². The average molecular weight is 274 g/mol. The lowest BCUT2D eigenvalue weighted by Gasteiger charge is -2.17. The van der Waals surface area contributed by atoms with Crippen molar-refractivity contribution in [1.29, 1.82) is 0 Å².